The topological polar surface area (TPSA) is 0 Å². The molecular formula is C29H29KNa2. The molecule has 148 valence electrons. The molecule has 0 aromatic heterocycles. The summed E-state index contributed by atoms with van der Waals surface area (Å²) in [4.78, 5) is 0. The Morgan fingerprint density at radius 1 is 0.438 bits per heavy atom. The van der Waals surface area contributed by atoms with E-state index in [9.17, 15) is 0 Å². The molecule has 32 heavy (non-hydrogen) atoms. The zero-order valence-corrected chi connectivity index (χ0v) is 16.8. The Hall–Kier alpha value is -0.00364. The van der Waals surface area contributed by atoms with Crippen LogP contribution in [0.15, 0.2) is 134 Å². The minimum atomic E-state index is 0. The van der Waals surface area contributed by atoms with E-state index in [0.717, 1.165) is 5.57 Å². The molecule has 3 heteroatoms. The van der Waals surface area contributed by atoms with Gasteiger partial charge < -0.3 is 0 Å². The van der Waals surface area contributed by atoms with Crippen LogP contribution in [0.3, 0.4) is 0 Å². The Morgan fingerprint density at radius 3 is 0.844 bits per heavy atom. The average Bonchev–Trinajstić information content (AvgIpc) is 2.81. The van der Waals surface area contributed by atoms with E-state index in [-0.39, 0.29) is 110 Å². The minimum Gasteiger partial charge on any atom is -0.0616 e. The van der Waals surface area contributed by atoms with Gasteiger partial charge in [0.05, 0.1) is 0 Å². The number of benzene rings is 5. The normalized spacial score (nSPS) is 8.78. The maximum absolute atomic E-state index is 3.83. The molecule has 0 aliphatic heterocycles. The summed E-state index contributed by atoms with van der Waals surface area (Å²) in [7, 11) is 0. The molecule has 0 heterocycles. The summed E-state index contributed by atoms with van der Waals surface area (Å²) in [6, 6.07) is 43.6. The largest absolute Gasteiger partial charge is 0.0616 e. The van der Waals surface area contributed by atoms with Crippen molar-refractivity contribution in [2.75, 3.05) is 0 Å². The monoisotopic (exact) mass is 462 g/mol. The van der Waals surface area contributed by atoms with Gasteiger partial charge in [-0.2, -0.15) is 0 Å². The molecule has 5 aromatic carbocycles. The fraction of sp³-hybridized carbons (Fsp3) is 0.0345. The van der Waals surface area contributed by atoms with Crippen LogP contribution >= 0.6 is 0 Å². The number of hydrogen-bond donors (Lipinski definition) is 0. The summed E-state index contributed by atoms with van der Waals surface area (Å²) in [6.07, 6.45) is 0. The van der Waals surface area contributed by atoms with E-state index in [1.54, 1.807) is 0 Å². The van der Waals surface area contributed by atoms with Gasteiger partial charge in [-0.05, 0) is 34.0 Å². The maximum Gasteiger partial charge on any atom is -0.0184 e. The second-order valence-electron chi connectivity index (χ2n) is 6.84. The van der Waals surface area contributed by atoms with Crippen LogP contribution in [0.5, 0.6) is 0 Å². The Bertz CT molecular complexity index is 985. The first-order valence-electron chi connectivity index (χ1n) is 9.82. The summed E-state index contributed by atoms with van der Waals surface area (Å²) in [5.74, 6) is 0. The Kier molecular flexibility index (Phi) is 18.3. The summed E-state index contributed by atoms with van der Waals surface area (Å²) in [5.41, 5.74) is 2.34. The number of hydrogen-bond acceptors (Lipinski definition) is 0. The Balaban J connectivity index is 0.000000431. The molecule has 0 atom stereocenters. The van der Waals surface area contributed by atoms with Gasteiger partial charge >= 0.3 is 110 Å². The summed E-state index contributed by atoms with van der Waals surface area (Å²) < 4.78 is 0. The first-order valence-corrected chi connectivity index (χ1v) is 9.82. The van der Waals surface area contributed by atoms with E-state index in [1.165, 1.54) is 27.1 Å². The smallest absolute Gasteiger partial charge is 0.0184 e. The van der Waals surface area contributed by atoms with Crippen LogP contribution in [-0.4, -0.2) is 110 Å². The van der Waals surface area contributed by atoms with Gasteiger partial charge in [0.25, 0.3) is 0 Å². The molecule has 0 N–H and O–H groups in total. The minimum absolute atomic E-state index is 0. The van der Waals surface area contributed by atoms with Gasteiger partial charge in [-0.1, -0.05) is 140 Å². The van der Waals surface area contributed by atoms with E-state index in [4.69, 9.17) is 0 Å². The van der Waals surface area contributed by atoms with E-state index in [0.29, 0.717) is 0 Å². The van der Waals surface area contributed by atoms with E-state index < -0.39 is 0 Å². The van der Waals surface area contributed by atoms with Crippen molar-refractivity contribution < 1.29 is 0 Å². The number of rotatable bonds is 1. The fourth-order valence-corrected chi connectivity index (χ4v) is 2.99. The third-order valence-electron chi connectivity index (χ3n) is 4.58. The number of fused-ring (bicyclic) bond motifs is 2. The first kappa shape index (κ1) is 32.0. The summed E-state index contributed by atoms with van der Waals surface area (Å²) in [6.45, 7) is 5.83. The van der Waals surface area contributed by atoms with E-state index >= 15 is 0 Å². The second kappa shape index (κ2) is 18.3. The zero-order valence-electron chi connectivity index (χ0n) is 16.8. The van der Waals surface area contributed by atoms with Crippen molar-refractivity contribution >= 4 is 138 Å². The third kappa shape index (κ3) is 10.9. The third-order valence-corrected chi connectivity index (χ3v) is 4.58. The predicted octanol–water partition coefficient (Wildman–Crippen LogP) is 6.45. The molecule has 0 amide bonds. The molecule has 5 rings (SSSR count). The van der Waals surface area contributed by atoms with Gasteiger partial charge in [-0.25, -0.2) is 0 Å². The molecule has 0 saturated heterocycles. The molecular weight excluding hydrogens is 433 g/mol. The Morgan fingerprint density at radius 2 is 0.656 bits per heavy atom. The molecule has 0 bridgehead atoms. The summed E-state index contributed by atoms with van der Waals surface area (Å²) in [5, 5.41) is 5.24. The van der Waals surface area contributed by atoms with Crippen molar-refractivity contribution in [2.45, 2.75) is 6.92 Å². The van der Waals surface area contributed by atoms with Crippen molar-refractivity contribution in [1.29, 1.82) is 0 Å². The predicted molar refractivity (Wildman–Crippen MR) is 150 cm³/mol. The van der Waals surface area contributed by atoms with Gasteiger partial charge in [0, 0.05) is 0 Å². The van der Waals surface area contributed by atoms with Crippen LogP contribution in [-0.2, 0) is 0 Å². The van der Waals surface area contributed by atoms with Gasteiger partial charge in [0.2, 0.25) is 0 Å². The van der Waals surface area contributed by atoms with Gasteiger partial charge in [-0.15, -0.1) is 0 Å². The molecule has 0 unspecified atom stereocenters. The van der Waals surface area contributed by atoms with Gasteiger partial charge in [0.1, 0.15) is 0 Å². The fourth-order valence-electron chi connectivity index (χ4n) is 2.99. The van der Waals surface area contributed by atoms with Crippen molar-refractivity contribution in [3.63, 3.8) is 0 Å². The van der Waals surface area contributed by atoms with Gasteiger partial charge in [0.15, 0.2) is 0 Å². The van der Waals surface area contributed by atoms with Crippen LogP contribution in [0.4, 0.5) is 0 Å². The van der Waals surface area contributed by atoms with Crippen LogP contribution < -0.4 is 0 Å². The molecule has 0 fully saturated rings. The SMILES string of the molecule is C=C(C)c1ccccc1.[KH].[NaH].[NaH].c1ccc2ccccc2c1.c1ccc2ccccc2c1. The second-order valence-corrected chi connectivity index (χ2v) is 6.84. The molecule has 0 saturated carbocycles. The standard InChI is InChI=1S/2C10H8.C9H10.K.2Na.3H/c2*1-2-6-10-8-4-3-7-9(10)5-1;1-8(2)9-6-4-3-5-7-9;;;;;;/h2*1-8H;3-7H,1H2,2H3;;;;;;. The average molecular weight is 463 g/mol. The molecule has 0 radical (unpaired) electrons. The van der Waals surface area contributed by atoms with Crippen LogP contribution in [0.25, 0.3) is 27.1 Å². The van der Waals surface area contributed by atoms with E-state index in [2.05, 4.69) is 116 Å². The quantitative estimate of drug-likeness (QED) is 0.251. The Labute approximate surface area is 279 Å². The zero-order chi connectivity index (χ0) is 20.3. The van der Waals surface area contributed by atoms with Crippen molar-refractivity contribution in [1.82, 2.24) is 0 Å². The molecule has 0 nitrogen and oxygen atoms in total. The van der Waals surface area contributed by atoms with E-state index in [1.807, 2.05) is 25.1 Å². The van der Waals surface area contributed by atoms with Crippen LogP contribution in [0, 0.1) is 0 Å². The van der Waals surface area contributed by atoms with Crippen molar-refractivity contribution in [3.05, 3.63) is 140 Å². The molecule has 5 aromatic rings. The van der Waals surface area contributed by atoms with Crippen LogP contribution in [0.1, 0.15) is 12.5 Å². The molecule has 0 aliphatic rings. The first-order chi connectivity index (χ1) is 14.2. The van der Waals surface area contributed by atoms with Crippen LogP contribution in [0.2, 0.25) is 0 Å². The van der Waals surface area contributed by atoms with Crippen molar-refractivity contribution in [3.8, 4) is 0 Å². The number of allylic oxidation sites excluding steroid dienone is 1. The van der Waals surface area contributed by atoms with Crippen molar-refractivity contribution in [2.24, 2.45) is 0 Å². The molecule has 0 aliphatic carbocycles. The van der Waals surface area contributed by atoms with Gasteiger partial charge in [-0.3, -0.25) is 0 Å². The summed E-state index contributed by atoms with van der Waals surface area (Å²) >= 11 is 0. The molecule has 0 spiro atoms. The maximum atomic E-state index is 3.83.